The lowest BCUT2D eigenvalue weighted by Crippen LogP contribution is -2.04. The van der Waals surface area contributed by atoms with E-state index >= 15 is 0 Å². The highest BCUT2D eigenvalue weighted by atomic mass is 15.1. The van der Waals surface area contributed by atoms with Crippen molar-refractivity contribution in [2.75, 3.05) is 0 Å². The number of nitriles is 2. The van der Waals surface area contributed by atoms with Crippen LogP contribution < -0.4 is 0 Å². The molecule has 55 heavy (non-hydrogen) atoms. The molecule has 11 rings (SSSR count). The molecule has 8 aromatic carbocycles. The average molecular weight is 700 g/mol. The van der Waals surface area contributed by atoms with Gasteiger partial charge in [-0.1, -0.05) is 103 Å². The molecule has 0 bridgehead atoms. The van der Waals surface area contributed by atoms with Crippen LogP contribution in [0.1, 0.15) is 11.1 Å². The summed E-state index contributed by atoms with van der Waals surface area (Å²) in [5.74, 6) is 0. The zero-order valence-electron chi connectivity index (χ0n) is 29.5. The highest BCUT2D eigenvalue weighted by Gasteiger charge is 2.23. The van der Waals surface area contributed by atoms with E-state index in [9.17, 15) is 10.5 Å². The van der Waals surface area contributed by atoms with Crippen LogP contribution in [0.2, 0.25) is 0 Å². The molecule has 0 spiro atoms. The molecule has 0 radical (unpaired) electrons. The van der Waals surface area contributed by atoms with Gasteiger partial charge in [-0.3, -0.25) is 0 Å². The second-order valence-electron chi connectivity index (χ2n) is 14.0. The maximum absolute atomic E-state index is 10.3. The molecule has 11 aromatic rings. The van der Waals surface area contributed by atoms with Crippen molar-refractivity contribution in [3.63, 3.8) is 0 Å². The third-order valence-electron chi connectivity index (χ3n) is 11.1. The molecule has 0 aliphatic carbocycles. The number of aromatic nitrogens is 3. The largest absolute Gasteiger partial charge is 0.309 e. The molecular weight excluding hydrogens is 671 g/mol. The number of nitrogens with zero attached hydrogens (tertiary/aromatic N) is 5. The van der Waals surface area contributed by atoms with Crippen LogP contribution in [0.4, 0.5) is 0 Å². The van der Waals surface area contributed by atoms with Crippen molar-refractivity contribution in [3.05, 3.63) is 187 Å². The zero-order valence-corrected chi connectivity index (χ0v) is 29.5. The lowest BCUT2D eigenvalue weighted by molar-refractivity contribution is 1.13. The fraction of sp³-hybridized carbons (Fsp3) is 0. The van der Waals surface area contributed by atoms with Crippen LogP contribution in [-0.4, -0.2) is 13.7 Å². The van der Waals surface area contributed by atoms with Crippen molar-refractivity contribution in [2.45, 2.75) is 0 Å². The van der Waals surface area contributed by atoms with Crippen molar-refractivity contribution >= 4 is 65.4 Å². The highest BCUT2D eigenvalue weighted by Crippen LogP contribution is 2.43. The summed E-state index contributed by atoms with van der Waals surface area (Å²) in [6, 6.07) is 66.0. The smallest absolute Gasteiger partial charge is 0.0991 e. The number of benzene rings is 8. The summed E-state index contributed by atoms with van der Waals surface area (Å²) in [7, 11) is 0. The Bertz CT molecular complexity index is 3420. The predicted octanol–water partition coefficient (Wildman–Crippen LogP) is 12.4. The molecule has 0 atom stereocenters. The van der Waals surface area contributed by atoms with Gasteiger partial charge in [0.2, 0.25) is 0 Å². The third-order valence-corrected chi connectivity index (χ3v) is 11.1. The first-order valence-corrected chi connectivity index (χ1v) is 18.3. The number of hydrogen-bond acceptors (Lipinski definition) is 2. The molecule has 254 valence electrons. The Morgan fingerprint density at radius 3 is 1.40 bits per heavy atom. The monoisotopic (exact) mass is 699 g/mol. The standard InChI is InChI=1S/C50H29N5/c51-30-32-24-26-47-40(28-32)37-15-4-8-20-44(37)53(47)48-27-25-33(31-52)29-41(48)38-16-5-10-22-46(38)55-45-21-9-3-14-36(45)39-17-11-23-49(50(39)55)54-42-18-6-1-12-34(42)35-13-2-7-19-43(35)54/h1-29H. The molecule has 0 aliphatic rings. The molecule has 0 aliphatic heterocycles. The molecule has 0 unspecified atom stereocenters. The molecule has 0 N–H and O–H groups in total. The minimum Gasteiger partial charge on any atom is -0.309 e. The van der Waals surface area contributed by atoms with Gasteiger partial charge in [0.25, 0.3) is 0 Å². The molecular formula is C50H29N5. The summed E-state index contributed by atoms with van der Waals surface area (Å²) >= 11 is 0. The summed E-state index contributed by atoms with van der Waals surface area (Å²) in [5, 5.41) is 26.9. The van der Waals surface area contributed by atoms with Gasteiger partial charge in [0.05, 0.1) is 73.4 Å². The third kappa shape index (κ3) is 4.39. The Morgan fingerprint density at radius 2 is 0.745 bits per heavy atom. The van der Waals surface area contributed by atoms with E-state index in [0.29, 0.717) is 11.1 Å². The van der Waals surface area contributed by atoms with Crippen molar-refractivity contribution in [2.24, 2.45) is 0 Å². The van der Waals surface area contributed by atoms with Crippen LogP contribution in [0.25, 0.3) is 93.6 Å². The summed E-state index contributed by atoms with van der Waals surface area (Å²) in [6.45, 7) is 0. The SMILES string of the molecule is N#Cc1ccc(-n2c3ccccc3c3cc(C#N)ccc32)c(-c2ccccc2-n2c3ccccc3c3cccc(-n4c5ccccc5c5ccccc54)c32)c1. The van der Waals surface area contributed by atoms with E-state index in [1.54, 1.807) is 0 Å². The number of fused-ring (bicyclic) bond motifs is 9. The van der Waals surface area contributed by atoms with Gasteiger partial charge < -0.3 is 13.7 Å². The van der Waals surface area contributed by atoms with Gasteiger partial charge >= 0.3 is 0 Å². The maximum atomic E-state index is 10.3. The van der Waals surface area contributed by atoms with Gasteiger partial charge in [-0.05, 0) is 72.8 Å². The first kappa shape index (κ1) is 30.7. The van der Waals surface area contributed by atoms with Crippen LogP contribution in [-0.2, 0) is 0 Å². The van der Waals surface area contributed by atoms with Gasteiger partial charge in [-0.2, -0.15) is 10.5 Å². The average Bonchev–Trinajstić information content (AvgIpc) is 3.89. The molecule has 3 heterocycles. The molecule has 5 heteroatoms. The number of para-hydroxylation sites is 6. The fourth-order valence-electron chi connectivity index (χ4n) is 8.83. The summed E-state index contributed by atoms with van der Waals surface area (Å²) in [5.41, 5.74) is 12.7. The lowest BCUT2D eigenvalue weighted by atomic mass is 9.98. The maximum Gasteiger partial charge on any atom is 0.0991 e. The molecule has 0 fully saturated rings. The Kier molecular flexibility index (Phi) is 6.61. The number of hydrogen-bond donors (Lipinski definition) is 0. The van der Waals surface area contributed by atoms with Crippen molar-refractivity contribution in [1.29, 1.82) is 10.5 Å². The van der Waals surface area contributed by atoms with Crippen LogP contribution in [0.15, 0.2) is 176 Å². The summed E-state index contributed by atoms with van der Waals surface area (Å²) < 4.78 is 7.08. The predicted molar refractivity (Wildman–Crippen MR) is 224 cm³/mol. The molecule has 5 nitrogen and oxygen atoms in total. The van der Waals surface area contributed by atoms with E-state index in [1.807, 2.05) is 36.4 Å². The van der Waals surface area contributed by atoms with Crippen molar-refractivity contribution in [3.8, 4) is 40.3 Å². The van der Waals surface area contributed by atoms with Crippen LogP contribution in [0.5, 0.6) is 0 Å². The van der Waals surface area contributed by atoms with Crippen LogP contribution in [0, 0.1) is 22.7 Å². The first-order chi connectivity index (χ1) is 27.2. The van der Waals surface area contributed by atoms with E-state index in [2.05, 4.69) is 165 Å². The fourth-order valence-corrected chi connectivity index (χ4v) is 8.83. The van der Waals surface area contributed by atoms with Gasteiger partial charge in [0, 0.05) is 43.4 Å². The van der Waals surface area contributed by atoms with Crippen LogP contribution in [0.3, 0.4) is 0 Å². The minimum atomic E-state index is 0.578. The van der Waals surface area contributed by atoms with Gasteiger partial charge in [-0.25, -0.2) is 0 Å². The van der Waals surface area contributed by atoms with Crippen molar-refractivity contribution < 1.29 is 0 Å². The van der Waals surface area contributed by atoms with Gasteiger partial charge in [0.1, 0.15) is 0 Å². The molecule has 3 aromatic heterocycles. The molecule has 0 amide bonds. The Balaban J connectivity index is 1.26. The summed E-state index contributed by atoms with van der Waals surface area (Å²) in [4.78, 5) is 0. The highest BCUT2D eigenvalue weighted by molar-refractivity contribution is 6.16. The molecule has 0 saturated heterocycles. The minimum absolute atomic E-state index is 0.578. The normalized spacial score (nSPS) is 11.6. The Hall–Kier alpha value is -7.86. The zero-order chi connectivity index (χ0) is 36.6. The number of rotatable bonds is 4. The van der Waals surface area contributed by atoms with Gasteiger partial charge in [-0.15, -0.1) is 0 Å². The van der Waals surface area contributed by atoms with E-state index in [0.717, 1.165) is 82.8 Å². The van der Waals surface area contributed by atoms with Gasteiger partial charge in [0.15, 0.2) is 0 Å². The molecule has 0 saturated carbocycles. The van der Waals surface area contributed by atoms with E-state index in [-0.39, 0.29) is 0 Å². The first-order valence-electron chi connectivity index (χ1n) is 18.3. The van der Waals surface area contributed by atoms with E-state index in [4.69, 9.17) is 0 Å². The van der Waals surface area contributed by atoms with E-state index in [1.165, 1.54) is 10.8 Å². The topological polar surface area (TPSA) is 62.4 Å². The van der Waals surface area contributed by atoms with Crippen LogP contribution >= 0.6 is 0 Å². The lowest BCUT2D eigenvalue weighted by Gasteiger charge is -2.20. The quantitative estimate of drug-likeness (QED) is 0.184. The Morgan fingerprint density at radius 1 is 0.309 bits per heavy atom. The summed E-state index contributed by atoms with van der Waals surface area (Å²) in [6.07, 6.45) is 0. The van der Waals surface area contributed by atoms with Crippen molar-refractivity contribution in [1.82, 2.24) is 13.7 Å². The van der Waals surface area contributed by atoms with E-state index < -0.39 is 0 Å². The second kappa shape index (κ2) is 11.8. The Labute approximate surface area is 316 Å². The second-order valence-corrected chi connectivity index (χ2v) is 14.0.